The molecule has 2 N–H and O–H groups in total. The van der Waals surface area contributed by atoms with Crippen LogP contribution < -0.4 is 15.1 Å². The summed E-state index contributed by atoms with van der Waals surface area (Å²) in [5.74, 6) is 0.0457. The SMILES string of the molecule is Cn1ccc2cc(N(C(=O)c3cc(-c4ccccc4C(=O)N4Cc5cccc(Cl)c5C[C@H]4CN4CCOCC4)n4c3OCCN4)c3ccc(O)cc3)ccc21. The van der Waals surface area contributed by atoms with Gasteiger partial charge in [0, 0.05) is 83.9 Å². The minimum Gasteiger partial charge on any atom is -0.508 e. The maximum atomic E-state index is 15.0. The van der Waals surface area contributed by atoms with E-state index in [1.165, 1.54) is 0 Å². The van der Waals surface area contributed by atoms with Crippen molar-refractivity contribution in [3.8, 4) is 22.9 Å². The van der Waals surface area contributed by atoms with Gasteiger partial charge in [0.1, 0.15) is 17.9 Å². The molecule has 0 unspecified atom stereocenters. The van der Waals surface area contributed by atoms with Crippen LogP contribution in [0.5, 0.6) is 11.6 Å². The molecule has 0 saturated carbocycles. The number of carbonyl (C=O) groups excluding carboxylic acids is 2. The van der Waals surface area contributed by atoms with Gasteiger partial charge in [0.05, 0.1) is 25.5 Å². The van der Waals surface area contributed by atoms with Crippen molar-refractivity contribution in [1.82, 2.24) is 19.0 Å². The summed E-state index contributed by atoms with van der Waals surface area (Å²) in [7, 11) is 1.98. The molecule has 2 aromatic heterocycles. The molecule has 1 saturated heterocycles. The molecule has 1 atom stereocenters. The Kier molecular flexibility index (Phi) is 9.21. The van der Waals surface area contributed by atoms with E-state index in [0.717, 1.165) is 40.1 Å². The van der Waals surface area contributed by atoms with Crippen molar-refractivity contribution in [3.05, 3.63) is 131 Å². The van der Waals surface area contributed by atoms with Gasteiger partial charge in [0.25, 0.3) is 11.8 Å². The average Bonchev–Trinajstić information content (AvgIpc) is 3.79. The molecular formula is C43H41ClN6O5. The molecule has 5 heterocycles. The van der Waals surface area contributed by atoms with Crippen LogP contribution in [0.3, 0.4) is 0 Å². The highest BCUT2D eigenvalue weighted by atomic mass is 35.5. The number of nitrogens with one attached hydrogen (secondary N) is 1. The van der Waals surface area contributed by atoms with E-state index in [-0.39, 0.29) is 23.6 Å². The van der Waals surface area contributed by atoms with Gasteiger partial charge in [-0.25, -0.2) is 4.68 Å². The first-order valence-electron chi connectivity index (χ1n) is 18.6. The molecule has 0 aliphatic carbocycles. The second-order valence-electron chi connectivity index (χ2n) is 14.3. The van der Waals surface area contributed by atoms with Crippen LogP contribution in [0.15, 0.2) is 103 Å². The van der Waals surface area contributed by atoms with E-state index in [2.05, 4.69) is 16.4 Å². The molecular weight excluding hydrogens is 716 g/mol. The van der Waals surface area contributed by atoms with Crippen LogP contribution in [-0.2, 0) is 24.8 Å². The number of carbonyl (C=O) groups is 2. The number of amides is 2. The molecule has 6 aromatic rings. The molecule has 55 heavy (non-hydrogen) atoms. The average molecular weight is 757 g/mol. The Morgan fingerprint density at radius 3 is 2.55 bits per heavy atom. The normalized spacial score (nSPS) is 16.9. The summed E-state index contributed by atoms with van der Waals surface area (Å²) in [5, 5.41) is 11.8. The van der Waals surface area contributed by atoms with Gasteiger partial charge in [-0.1, -0.05) is 41.9 Å². The van der Waals surface area contributed by atoms with Gasteiger partial charge in [0.15, 0.2) is 0 Å². The predicted molar refractivity (Wildman–Crippen MR) is 213 cm³/mol. The van der Waals surface area contributed by atoms with Crippen LogP contribution in [0.2, 0.25) is 5.02 Å². The van der Waals surface area contributed by atoms with E-state index in [0.29, 0.717) is 85.5 Å². The third-order valence-electron chi connectivity index (χ3n) is 10.9. The molecule has 2 amide bonds. The van der Waals surface area contributed by atoms with Gasteiger partial charge in [-0.15, -0.1) is 0 Å². The highest BCUT2D eigenvalue weighted by molar-refractivity contribution is 6.31. The number of nitrogens with zero attached hydrogens (tertiary/aromatic N) is 5. The summed E-state index contributed by atoms with van der Waals surface area (Å²) in [5.41, 5.74) is 9.99. The van der Waals surface area contributed by atoms with E-state index in [9.17, 15) is 14.7 Å². The van der Waals surface area contributed by atoms with E-state index >= 15 is 0 Å². The molecule has 1 fully saturated rings. The Hall–Kier alpha value is -5.75. The molecule has 3 aliphatic heterocycles. The maximum Gasteiger partial charge on any atom is 0.268 e. The molecule has 0 spiro atoms. The van der Waals surface area contributed by atoms with Crippen molar-refractivity contribution >= 4 is 45.7 Å². The van der Waals surface area contributed by atoms with Crippen molar-refractivity contribution in [1.29, 1.82) is 0 Å². The second-order valence-corrected chi connectivity index (χ2v) is 14.7. The standard InChI is InChI=1S/C43H41ClN6O5/c1-46-17-15-28-23-31(11-14-39(28)46)49(30-9-12-33(51)13-10-30)42(53)37-25-40(50-43(37)55-20-16-45-50)34-6-2-3-7-35(34)41(52)48-26-29-5-4-8-38(44)36(29)24-32(48)27-47-18-21-54-22-19-47/h2-15,17,23,25,32,45,51H,16,18-22,24,26-27H2,1H3/t32-/m0/s1. The maximum absolute atomic E-state index is 15.0. The Balaban J connectivity index is 1.12. The number of benzene rings is 4. The first-order valence-corrected chi connectivity index (χ1v) is 19.0. The quantitative estimate of drug-likeness (QED) is 0.184. The fourth-order valence-electron chi connectivity index (χ4n) is 8.13. The van der Waals surface area contributed by atoms with E-state index < -0.39 is 0 Å². The number of hydrogen-bond acceptors (Lipinski definition) is 7. The highest BCUT2D eigenvalue weighted by Crippen LogP contribution is 2.39. The van der Waals surface area contributed by atoms with E-state index in [1.807, 2.05) is 89.4 Å². The summed E-state index contributed by atoms with van der Waals surface area (Å²) in [6.45, 7) is 4.96. The number of phenols is 1. The Bertz CT molecular complexity index is 2420. The summed E-state index contributed by atoms with van der Waals surface area (Å²) in [6, 6.07) is 29.7. The van der Waals surface area contributed by atoms with E-state index in [4.69, 9.17) is 21.1 Å². The van der Waals surface area contributed by atoms with Gasteiger partial charge in [0.2, 0.25) is 5.88 Å². The number of aromatic hydroxyl groups is 1. The zero-order valence-electron chi connectivity index (χ0n) is 30.5. The Labute approximate surface area is 323 Å². The van der Waals surface area contributed by atoms with E-state index in [1.54, 1.807) is 33.8 Å². The highest BCUT2D eigenvalue weighted by Gasteiger charge is 2.36. The number of morpholine rings is 1. The van der Waals surface area contributed by atoms with Gasteiger partial charge < -0.3 is 29.5 Å². The number of halogens is 1. The Morgan fingerprint density at radius 2 is 1.71 bits per heavy atom. The number of aromatic nitrogens is 2. The van der Waals surface area contributed by atoms with Crippen LogP contribution in [-0.4, -0.2) is 88.0 Å². The van der Waals surface area contributed by atoms with Crippen molar-refractivity contribution < 1.29 is 24.2 Å². The molecule has 3 aliphatic rings. The monoisotopic (exact) mass is 756 g/mol. The van der Waals surface area contributed by atoms with Crippen molar-refractivity contribution in [2.45, 2.75) is 19.0 Å². The van der Waals surface area contributed by atoms with Gasteiger partial charge in [-0.3, -0.25) is 19.4 Å². The lowest BCUT2D eigenvalue weighted by molar-refractivity contribution is 0.0193. The van der Waals surface area contributed by atoms with Crippen LogP contribution in [0.4, 0.5) is 11.4 Å². The molecule has 0 radical (unpaired) electrons. The fraction of sp³-hybridized carbons (Fsp3) is 0.256. The molecule has 4 aromatic carbocycles. The van der Waals surface area contributed by atoms with Crippen molar-refractivity contribution in [3.63, 3.8) is 0 Å². The smallest absolute Gasteiger partial charge is 0.268 e. The number of aryl methyl sites for hydroxylation is 1. The minimum atomic E-state index is -0.321. The second kappa shape index (κ2) is 14.5. The lowest BCUT2D eigenvalue weighted by atomic mass is 9.92. The first kappa shape index (κ1) is 35.0. The number of phenolic OH excluding ortho intramolecular Hbond substituents is 1. The molecule has 280 valence electrons. The molecule has 0 bridgehead atoms. The number of rotatable bonds is 7. The third kappa shape index (κ3) is 6.48. The van der Waals surface area contributed by atoms with Gasteiger partial charge in [-0.05, 0) is 84.3 Å². The van der Waals surface area contributed by atoms with Gasteiger partial charge in [-0.2, -0.15) is 0 Å². The first-order chi connectivity index (χ1) is 26.8. The van der Waals surface area contributed by atoms with Crippen molar-refractivity contribution in [2.75, 3.05) is 56.3 Å². The van der Waals surface area contributed by atoms with Gasteiger partial charge >= 0.3 is 0 Å². The van der Waals surface area contributed by atoms with Crippen LogP contribution in [0, 0.1) is 0 Å². The Morgan fingerprint density at radius 1 is 0.909 bits per heavy atom. The zero-order valence-corrected chi connectivity index (χ0v) is 31.2. The summed E-state index contributed by atoms with van der Waals surface area (Å²) in [4.78, 5) is 35.9. The predicted octanol–water partition coefficient (Wildman–Crippen LogP) is 6.82. The topological polar surface area (TPSA) is 104 Å². The van der Waals surface area contributed by atoms with Crippen LogP contribution in [0.1, 0.15) is 31.8 Å². The summed E-state index contributed by atoms with van der Waals surface area (Å²) >= 11 is 6.73. The van der Waals surface area contributed by atoms with Crippen LogP contribution in [0.25, 0.3) is 22.2 Å². The molecule has 12 heteroatoms. The number of hydrogen-bond donors (Lipinski definition) is 2. The minimum absolute atomic E-state index is 0.0958. The third-order valence-corrected chi connectivity index (χ3v) is 11.3. The zero-order chi connectivity index (χ0) is 37.6. The largest absolute Gasteiger partial charge is 0.508 e. The lowest BCUT2D eigenvalue weighted by Gasteiger charge is -2.41. The number of ether oxygens (including phenoxy) is 2. The number of anilines is 2. The fourth-order valence-corrected chi connectivity index (χ4v) is 8.40. The van der Waals surface area contributed by atoms with Crippen LogP contribution >= 0.6 is 11.6 Å². The summed E-state index contributed by atoms with van der Waals surface area (Å²) < 4.78 is 15.7. The lowest BCUT2D eigenvalue weighted by Crippen LogP contribution is -2.52. The molecule has 11 nitrogen and oxygen atoms in total. The summed E-state index contributed by atoms with van der Waals surface area (Å²) in [6.07, 6.45) is 2.63. The van der Waals surface area contributed by atoms with Crippen molar-refractivity contribution in [2.24, 2.45) is 7.05 Å². The number of fused-ring (bicyclic) bond motifs is 3. The molecule has 9 rings (SSSR count).